The van der Waals surface area contributed by atoms with Crippen molar-refractivity contribution >= 4 is 28.3 Å². The molecule has 1 N–H and O–H groups in total. The van der Waals surface area contributed by atoms with E-state index < -0.39 is 0 Å². The molecule has 2 aromatic carbocycles. The van der Waals surface area contributed by atoms with Gasteiger partial charge in [-0.2, -0.15) is 0 Å². The van der Waals surface area contributed by atoms with Crippen molar-refractivity contribution in [3.63, 3.8) is 0 Å². The second-order valence-corrected chi connectivity index (χ2v) is 4.75. The molecule has 94 valence electrons. The van der Waals surface area contributed by atoms with Crippen molar-refractivity contribution in [2.45, 2.75) is 19.4 Å². The number of benzene rings is 2. The molecule has 0 aliphatic carbocycles. The van der Waals surface area contributed by atoms with Gasteiger partial charge >= 0.3 is 0 Å². The third-order valence-electron chi connectivity index (χ3n) is 2.87. The molecule has 0 aliphatic rings. The van der Waals surface area contributed by atoms with Gasteiger partial charge < -0.3 is 5.32 Å². The minimum atomic E-state index is 0.00847. The zero-order chi connectivity index (χ0) is 13.0. The van der Waals surface area contributed by atoms with Crippen molar-refractivity contribution in [2.24, 2.45) is 0 Å². The lowest BCUT2D eigenvalue weighted by Crippen LogP contribution is -2.34. The van der Waals surface area contributed by atoms with Gasteiger partial charge in [-0.1, -0.05) is 42.5 Å². The van der Waals surface area contributed by atoms with Crippen LogP contribution in [0, 0.1) is 0 Å². The third-order valence-corrected chi connectivity index (χ3v) is 3.33. The molecule has 18 heavy (non-hydrogen) atoms. The second-order valence-electron chi connectivity index (χ2n) is 4.44. The van der Waals surface area contributed by atoms with Gasteiger partial charge in [0.2, 0.25) is 5.91 Å². The summed E-state index contributed by atoms with van der Waals surface area (Å²) in [7, 11) is 0. The smallest absolute Gasteiger partial charge is 0.224 e. The van der Waals surface area contributed by atoms with Gasteiger partial charge in [-0.25, -0.2) is 0 Å². The number of carbonyl (C=O) groups is 1. The maximum atomic E-state index is 11.9. The number of hydrogen-bond acceptors (Lipinski definition) is 1. The summed E-state index contributed by atoms with van der Waals surface area (Å²) in [5.41, 5.74) is 1.05. The van der Waals surface area contributed by atoms with Crippen molar-refractivity contribution in [2.75, 3.05) is 5.88 Å². The summed E-state index contributed by atoms with van der Waals surface area (Å²) in [4.78, 5) is 11.9. The quantitative estimate of drug-likeness (QED) is 0.842. The van der Waals surface area contributed by atoms with Crippen LogP contribution >= 0.6 is 11.6 Å². The molecule has 2 rings (SSSR count). The van der Waals surface area contributed by atoms with Crippen molar-refractivity contribution < 1.29 is 4.79 Å². The first-order valence-electron chi connectivity index (χ1n) is 6.02. The molecular weight excluding hydrogens is 246 g/mol. The van der Waals surface area contributed by atoms with E-state index in [0.717, 1.165) is 16.3 Å². The zero-order valence-corrected chi connectivity index (χ0v) is 11.1. The Morgan fingerprint density at radius 2 is 1.94 bits per heavy atom. The molecule has 0 radical (unpaired) electrons. The maximum absolute atomic E-state index is 11.9. The minimum absolute atomic E-state index is 0.00847. The lowest BCUT2D eigenvalue weighted by molar-refractivity contribution is -0.120. The Balaban J connectivity index is 2.19. The van der Waals surface area contributed by atoms with E-state index >= 15 is 0 Å². The lowest BCUT2D eigenvalue weighted by atomic mass is 10.0. The van der Waals surface area contributed by atoms with Crippen LogP contribution in [0.5, 0.6) is 0 Å². The Labute approximate surface area is 112 Å². The van der Waals surface area contributed by atoms with Crippen LogP contribution in [0.1, 0.15) is 12.5 Å². The summed E-state index contributed by atoms with van der Waals surface area (Å²) >= 11 is 5.68. The Morgan fingerprint density at radius 1 is 1.22 bits per heavy atom. The van der Waals surface area contributed by atoms with Crippen molar-refractivity contribution in [1.82, 2.24) is 5.32 Å². The number of nitrogens with one attached hydrogen (secondary N) is 1. The first kappa shape index (κ1) is 12.9. The number of halogens is 1. The number of hydrogen-bond donors (Lipinski definition) is 1. The van der Waals surface area contributed by atoms with Gasteiger partial charge in [-0.15, -0.1) is 11.6 Å². The number of carbonyl (C=O) groups excluding carboxylic acids is 1. The highest BCUT2D eigenvalue weighted by Crippen LogP contribution is 2.18. The monoisotopic (exact) mass is 261 g/mol. The summed E-state index contributed by atoms with van der Waals surface area (Å²) < 4.78 is 0. The van der Waals surface area contributed by atoms with Crippen molar-refractivity contribution in [1.29, 1.82) is 0 Å². The van der Waals surface area contributed by atoms with Gasteiger partial charge in [0.25, 0.3) is 0 Å². The minimum Gasteiger partial charge on any atom is -0.352 e. The van der Waals surface area contributed by atoms with Gasteiger partial charge in [0.1, 0.15) is 0 Å². The molecular formula is C15H16ClNO. The summed E-state index contributed by atoms with van der Waals surface area (Å²) in [6, 6.07) is 14.1. The number of rotatable bonds is 4. The summed E-state index contributed by atoms with van der Waals surface area (Å²) in [5.74, 6) is 0.445. The van der Waals surface area contributed by atoms with E-state index in [4.69, 9.17) is 11.6 Å². The van der Waals surface area contributed by atoms with Gasteiger partial charge in [0.15, 0.2) is 0 Å². The van der Waals surface area contributed by atoms with Gasteiger partial charge in [-0.05, 0) is 23.3 Å². The molecule has 3 heteroatoms. The Hall–Kier alpha value is -1.54. The molecule has 0 fully saturated rings. The van der Waals surface area contributed by atoms with Gasteiger partial charge in [0.05, 0.1) is 6.42 Å². The predicted octanol–water partition coefficient (Wildman–Crippen LogP) is 3.13. The molecule has 0 bridgehead atoms. The molecule has 2 nitrogen and oxygen atoms in total. The average molecular weight is 262 g/mol. The van der Waals surface area contributed by atoms with Crippen LogP contribution in [0.4, 0.5) is 0 Å². The fourth-order valence-corrected chi connectivity index (χ4v) is 2.06. The normalized spacial score (nSPS) is 12.3. The first-order valence-corrected chi connectivity index (χ1v) is 6.56. The van der Waals surface area contributed by atoms with E-state index in [1.807, 2.05) is 37.3 Å². The Bertz CT molecular complexity index is 548. The SMILES string of the molecule is CC(CCl)NC(=O)Cc1cccc2ccccc12. The fraction of sp³-hybridized carbons (Fsp3) is 0.267. The Kier molecular flexibility index (Phi) is 4.21. The molecule has 0 aliphatic heterocycles. The second kappa shape index (κ2) is 5.87. The molecule has 0 aromatic heterocycles. The van der Waals surface area contributed by atoms with E-state index in [1.54, 1.807) is 0 Å². The first-order chi connectivity index (χ1) is 8.70. The van der Waals surface area contributed by atoms with E-state index in [9.17, 15) is 4.79 Å². The van der Waals surface area contributed by atoms with Crippen LogP contribution in [0.3, 0.4) is 0 Å². The van der Waals surface area contributed by atoms with Crippen LogP contribution in [-0.2, 0) is 11.2 Å². The maximum Gasteiger partial charge on any atom is 0.224 e. The largest absolute Gasteiger partial charge is 0.352 e. The molecule has 0 heterocycles. The molecule has 0 spiro atoms. The van der Waals surface area contributed by atoms with Crippen molar-refractivity contribution in [3.05, 3.63) is 48.0 Å². The Morgan fingerprint density at radius 3 is 2.72 bits per heavy atom. The highest BCUT2D eigenvalue weighted by atomic mass is 35.5. The van der Waals surface area contributed by atoms with Gasteiger partial charge in [-0.3, -0.25) is 4.79 Å². The molecule has 1 unspecified atom stereocenters. The van der Waals surface area contributed by atoms with E-state index in [0.29, 0.717) is 12.3 Å². The third kappa shape index (κ3) is 3.02. The standard InChI is InChI=1S/C15H16ClNO/c1-11(10-16)17-15(18)9-13-7-4-6-12-5-2-3-8-14(12)13/h2-8,11H,9-10H2,1H3,(H,17,18). The number of alkyl halides is 1. The van der Waals surface area contributed by atoms with Crippen molar-refractivity contribution in [3.8, 4) is 0 Å². The predicted molar refractivity (Wildman–Crippen MR) is 76.0 cm³/mol. The van der Waals surface area contributed by atoms with E-state index in [-0.39, 0.29) is 11.9 Å². The fourth-order valence-electron chi connectivity index (χ4n) is 1.98. The highest BCUT2D eigenvalue weighted by Gasteiger charge is 2.09. The summed E-state index contributed by atoms with van der Waals surface area (Å²) in [6.45, 7) is 1.90. The van der Waals surface area contributed by atoms with E-state index in [1.165, 1.54) is 0 Å². The van der Waals surface area contributed by atoms with E-state index in [2.05, 4.69) is 17.4 Å². The average Bonchev–Trinajstić information content (AvgIpc) is 2.39. The summed E-state index contributed by atoms with van der Waals surface area (Å²) in [6.07, 6.45) is 0.391. The van der Waals surface area contributed by atoms with Crippen LogP contribution in [0.25, 0.3) is 10.8 Å². The van der Waals surface area contributed by atoms with Crippen LogP contribution < -0.4 is 5.32 Å². The highest BCUT2D eigenvalue weighted by molar-refractivity contribution is 6.18. The van der Waals surface area contributed by atoms with Crippen LogP contribution in [-0.4, -0.2) is 17.8 Å². The van der Waals surface area contributed by atoms with Crippen LogP contribution in [0.15, 0.2) is 42.5 Å². The topological polar surface area (TPSA) is 29.1 Å². The number of amides is 1. The molecule has 1 amide bonds. The molecule has 2 aromatic rings. The van der Waals surface area contributed by atoms with Gasteiger partial charge in [0, 0.05) is 11.9 Å². The van der Waals surface area contributed by atoms with Crippen LogP contribution in [0.2, 0.25) is 0 Å². The molecule has 0 saturated heterocycles. The zero-order valence-electron chi connectivity index (χ0n) is 10.3. The number of fused-ring (bicyclic) bond motifs is 1. The summed E-state index contributed by atoms with van der Waals surface area (Å²) in [5, 5.41) is 5.17. The lowest BCUT2D eigenvalue weighted by Gasteiger charge is -2.11. The molecule has 1 atom stereocenters. The molecule has 0 saturated carbocycles.